The number of benzene rings is 3. The van der Waals surface area contributed by atoms with Crippen LogP contribution in [0.5, 0.6) is 0 Å². The maximum atomic E-state index is 14.2. The summed E-state index contributed by atoms with van der Waals surface area (Å²) in [5, 5.41) is 0.937. The third-order valence-electron chi connectivity index (χ3n) is 8.28. The molecule has 40 heavy (non-hydrogen) atoms. The third kappa shape index (κ3) is 4.82. The SMILES string of the molecule is CC[C@H]1[C@H](CC(=O)c2cc3ccccc3[nH]2)[C@H](C(=O)OCc2ccccc2)C(=O)N2[C@@H]1OC[C@H]2c1ccccc1. The molecule has 0 aliphatic carbocycles. The van der Waals surface area contributed by atoms with Crippen LogP contribution in [0.25, 0.3) is 10.9 Å². The standard InChI is InChI=1S/C33H32N2O5/c1-2-24-25(18-29(36)27-17-23-15-9-10-16-26(23)34-27)30(33(38)40-19-21-11-5-3-6-12-21)31(37)35-28(20-39-32(24)35)22-13-7-4-8-14-22/h3-17,24-25,28,30,32,34H,2,18-20H2,1H3/t24-,25-,28-,30-,32+/m0/s1. The molecule has 0 bridgehead atoms. The van der Waals surface area contributed by atoms with Crippen LogP contribution in [0.3, 0.4) is 0 Å². The molecule has 204 valence electrons. The topological polar surface area (TPSA) is 88.7 Å². The van der Waals surface area contributed by atoms with Gasteiger partial charge >= 0.3 is 5.97 Å². The van der Waals surface area contributed by atoms with Gasteiger partial charge in [-0.15, -0.1) is 0 Å². The first kappa shape index (κ1) is 26.0. The second-order valence-electron chi connectivity index (χ2n) is 10.6. The lowest BCUT2D eigenvalue weighted by Gasteiger charge is -2.45. The Morgan fingerprint density at radius 3 is 2.38 bits per heavy atom. The van der Waals surface area contributed by atoms with Crippen molar-refractivity contribution in [3.8, 4) is 0 Å². The number of carbonyl (C=O) groups excluding carboxylic acids is 3. The zero-order chi connectivity index (χ0) is 27.6. The van der Waals surface area contributed by atoms with Gasteiger partial charge in [0.2, 0.25) is 5.91 Å². The number of H-pyrrole nitrogens is 1. The number of esters is 1. The average molecular weight is 537 g/mol. The summed E-state index contributed by atoms with van der Waals surface area (Å²) in [6, 6.07) is 28.3. The number of fused-ring (bicyclic) bond motifs is 2. The van der Waals surface area contributed by atoms with Crippen LogP contribution in [0.2, 0.25) is 0 Å². The molecular weight excluding hydrogens is 504 g/mol. The number of aromatic amines is 1. The molecule has 0 unspecified atom stereocenters. The minimum Gasteiger partial charge on any atom is -0.460 e. The van der Waals surface area contributed by atoms with E-state index < -0.39 is 24.0 Å². The summed E-state index contributed by atoms with van der Waals surface area (Å²) in [5.41, 5.74) is 3.13. The first-order valence-electron chi connectivity index (χ1n) is 13.9. The van der Waals surface area contributed by atoms with Gasteiger partial charge in [0.15, 0.2) is 5.78 Å². The van der Waals surface area contributed by atoms with Crippen molar-refractivity contribution in [1.29, 1.82) is 0 Å². The van der Waals surface area contributed by atoms with Crippen LogP contribution < -0.4 is 0 Å². The van der Waals surface area contributed by atoms with Crippen molar-refractivity contribution in [2.45, 2.75) is 38.6 Å². The Morgan fingerprint density at radius 1 is 0.950 bits per heavy atom. The van der Waals surface area contributed by atoms with Crippen LogP contribution in [0.4, 0.5) is 0 Å². The van der Waals surface area contributed by atoms with Gasteiger partial charge < -0.3 is 19.4 Å². The highest BCUT2D eigenvalue weighted by Gasteiger charge is 2.56. The molecule has 6 rings (SSSR count). The Bertz CT molecular complexity index is 1480. The Kier molecular flexibility index (Phi) is 7.22. The van der Waals surface area contributed by atoms with Crippen molar-refractivity contribution in [1.82, 2.24) is 9.88 Å². The molecule has 7 heteroatoms. The summed E-state index contributed by atoms with van der Waals surface area (Å²) >= 11 is 0. The summed E-state index contributed by atoms with van der Waals surface area (Å²) in [5.74, 6) is -2.96. The average Bonchev–Trinajstić information content (AvgIpc) is 3.63. The molecule has 2 aliphatic rings. The van der Waals surface area contributed by atoms with Crippen molar-refractivity contribution < 1.29 is 23.9 Å². The van der Waals surface area contributed by atoms with Crippen molar-refractivity contribution in [3.05, 3.63) is 108 Å². The highest BCUT2D eigenvalue weighted by atomic mass is 16.5. The number of carbonyl (C=O) groups is 3. The fraction of sp³-hybridized carbons (Fsp3) is 0.303. The van der Waals surface area contributed by atoms with E-state index in [-0.39, 0.29) is 36.7 Å². The molecule has 4 aromatic rings. The van der Waals surface area contributed by atoms with E-state index in [1.165, 1.54) is 0 Å². The molecule has 0 spiro atoms. The molecule has 7 nitrogen and oxygen atoms in total. The largest absolute Gasteiger partial charge is 0.460 e. The third-order valence-corrected chi connectivity index (χ3v) is 8.28. The number of amides is 1. The number of nitrogens with zero attached hydrogens (tertiary/aromatic N) is 1. The van der Waals surface area contributed by atoms with Gasteiger partial charge in [-0.3, -0.25) is 14.4 Å². The second-order valence-corrected chi connectivity index (χ2v) is 10.6. The van der Waals surface area contributed by atoms with Gasteiger partial charge in [0.1, 0.15) is 18.8 Å². The normalized spacial score (nSPS) is 24.2. The summed E-state index contributed by atoms with van der Waals surface area (Å²) in [7, 11) is 0. The van der Waals surface area contributed by atoms with Crippen LogP contribution in [0, 0.1) is 17.8 Å². The van der Waals surface area contributed by atoms with Gasteiger partial charge in [0.05, 0.1) is 18.3 Å². The fourth-order valence-electron chi connectivity index (χ4n) is 6.29. The summed E-state index contributed by atoms with van der Waals surface area (Å²) in [6.07, 6.45) is 0.163. The first-order valence-corrected chi connectivity index (χ1v) is 13.9. The molecule has 3 aromatic carbocycles. The van der Waals surface area contributed by atoms with Gasteiger partial charge in [-0.2, -0.15) is 0 Å². The molecule has 1 amide bonds. The number of hydrogen-bond acceptors (Lipinski definition) is 5. The number of Topliss-reactive ketones (excluding diaryl/α,β-unsaturated/α-hetero) is 1. The smallest absolute Gasteiger partial charge is 0.319 e. The van der Waals surface area contributed by atoms with Crippen molar-refractivity contribution >= 4 is 28.6 Å². The van der Waals surface area contributed by atoms with Gasteiger partial charge in [0.25, 0.3) is 0 Å². The number of hydrogen-bond donors (Lipinski definition) is 1. The van der Waals surface area contributed by atoms with E-state index in [2.05, 4.69) is 4.98 Å². The lowest BCUT2D eigenvalue weighted by Crippen LogP contribution is -2.57. The van der Waals surface area contributed by atoms with Crippen LogP contribution in [0.1, 0.15) is 47.4 Å². The number of para-hydroxylation sites is 1. The summed E-state index contributed by atoms with van der Waals surface area (Å²) in [4.78, 5) is 46.5. The fourth-order valence-corrected chi connectivity index (χ4v) is 6.29. The predicted octanol–water partition coefficient (Wildman–Crippen LogP) is 5.68. The molecule has 1 aromatic heterocycles. The lowest BCUT2D eigenvalue weighted by atomic mass is 9.71. The van der Waals surface area contributed by atoms with Gasteiger partial charge in [-0.1, -0.05) is 85.8 Å². The Hall–Kier alpha value is -4.23. The number of piperidine rings is 1. The minimum absolute atomic E-state index is 0.0336. The van der Waals surface area contributed by atoms with Crippen molar-refractivity contribution in [2.75, 3.05) is 6.61 Å². The van der Waals surface area contributed by atoms with E-state index in [1.807, 2.05) is 97.9 Å². The van der Waals surface area contributed by atoms with Crippen LogP contribution >= 0.6 is 0 Å². The minimum atomic E-state index is -1.11. The molecule has 2 saturated heterocycles. The first-order chi connectivity index (χ1) is 19.5. The number of ether oxygens (including phenoxy) is 2. The maximum Gasteiger partial charge on any atom is 0.319 e. The molecule has 3 heterocycles. The Labute approximate surface area is 233 Å². The van der Waals surface area contributed by atoms with E-state index in [4.69, 9.17) is 9.47 Å². The molecule has 0 radical (unpaired) electrons. The summed E-state index contributed by atoms with van der Waals surface area (Å²) < 4.78 is 12.0. The highest BCUT2D eigenvalue weighted by molar-refractivity contribution is 6.02. The molecule has 2 fully saturated rings. The van der Waals surface area contributed by atoms with Crippen LogP contribution in [-0.4, -0.2) is 40.4 Å². The molecular formula is C33H32N2O5. The quantitative estimate of drug-likeness (QED) is 0.178. The number of aromatic nitrogens is 1. The molecule has 5 atom stereocenters. The van der Waals surface area contributed by atoms with Gasteiger partial charge in [-0.05, 0) is 35.6 Å². The van der Waals surface area contributed by atoms with E-state index in [0.29, 0.717) is 18.7 Å². The number of ketones is 1. The molecule has 0 saturated carbocycles. The van der Waals surface area contributed by atoms with Crippen molar-refractivity contribution in [3.63, 3.8) is 0 Å². The number of rotatable bonds is 8. The number of nitrogens with one attached hydrogen (secondary N) is 1. The van der Waals surface area contributed by atoms with Gasteiger partial charge in [-0.25, -0.2) is 0 Å². The van der Waals surface area contributed by atoms with E-state index in [9.17, 15) is 14.4 Å². The summed E-state index contributed by atoms with van der Waals surface area (Å²) in [6.45, 7) is 2.42. The second kappa shape index (κ2) is 11.1. The molecule has 2 aliphatic heterocycles. The van der Waals surface area contributed by atoms with Crippen LogP contribution in [-0.2, 0) is 25.7 Å². The van der Waals surface area contributed by atoms with E-state index in [1.54, 1.807) is 4.90 Å². The lowest BCUT2D eigenvalue weighted by molar-refractivity contribution is -0.176. The zero-order valence-electron chi connectivity index (χ0n) is 22.4. The van der Waals surface area contributed by atoms with E-state index >= 15 is 0 Å². The molecule has 1 N–H and O–H groups in total. The van der Waals surface area contributed by atoms with Crippen molar-refractivity contribution in [2.24, 2.45) is 17.8 Å². The monoisotopic (exact) mass is 536 g/mol. The Balaban J connectivity index is 1.33. The maximum absolute atomic E-state index is 14.2. The highest BCUT2D eigenvalue weighted by Crippen LogP contribution is 2.46. The van der Waals surface area contributed by atoms with Crippen LogP contribution in [0.15, 0.2) is 91.0 Å². The van der Waals surface area contributed by atoms with E-state index in [0.717, 1.165) is 22.0 Å². The Morgan fingerprint density at radius 2 is 1.65 bits per heavy atom. The predicted molar refractivity (Wildman–Crippen MR) is 150 cm³/mol. The van der Waals surface area contributed by atoms with Gasteiger partial charge in [0, 0.05) is 23.2 Å². The zero-order valence-corrected chi connectivity index (χ0v) is 22.4.